The van der Waals surface area contributed by atoms with Crippen LogP contribution in [-0.2, 0) is 4.74 Å². The van der Waals surface area contributed by atoms with Crippen molar-refractivity contribution in [3.05, 3.63) is 23.8 Å². The molecule has 1 aromatic rings. The third-order valence-corrected chi connectivity index (χ3v) is 3.40. The quantitative estimate of drug-likeness (QED) is 0.793. The molecule has 0 heterocycles. The SMILES string of the molecule is CCC(C)N(CCOC)c1cc(OC)ccc1C(=O)O. The van der Waals surface area contributed by atoms with Gasteiger partial charge in [-0.25, -0.2) is 4.79 Å². The summed E-state index contributed by atoms with van der Waals surface area (Å²) in [4.78, 5) is 13.5. The molecule has 20 heavy (non-hydrogen) atoms. The third-order valence-electron chi connectivity index (χ3n) is 3.40. The van der Waals surface area contributed by atoms with Gasteiger partial charge < -0.3 is 19.5 Å². The van der Waals surface area contributed by atoms with E-state index in [4.69, 9.17) is 9.47 Å². The molecule has 5 nitrogen and oxygen atoms in total. The number of carboxylic acid groups (broad SMARTS) is 1. The number of anilines is 1. The Bertz CT molecular complexity index is 447. The first-order valence-corrected chi connectivity index (χ1v) is 6.72. The summed E-state index contributed by atoms with van der Waals surface area (Å²) >= 11 is 0. The Kier molecular flexibility index (Phi) is 6.31. The number of hydrogen-bond acceptors (Lipinski definition) is 4. The number of rotatable bonds is 8. The Morgan fingerprint density at radius 1 is 1.40 bits per heavy atom. The Morgan fingerprint density at radius 3 is 2.60 bits per heavy atom. The summed E-state index contributed by atoms with van der Waals surface area (Å²) in [7, 11) is 3.21. The fraction of sp³-hybridized carbons (Fsp3) is 0.533. The van der Waals surface area contributed by atoms with Gasteiger partial charge in [-0.05, 0) is 25.5 Å². The van der Waals surface area contributed by atoms with E-state index in [1.807, 2.05) is 0 Å². The molecule has 0 saturated carbocycles. The summed E-state index contributed by atoms with van der Waals surface area (Å²) in [6.45, 7) is 5.32. The van der Waals surface area contributed by atoms with Crippen LogP contribution in [0.25, 0.3) is 0 Å². The van der Waals surface area contributed by atoms with Gasteiger partial charge in [0, 0.05) is 25.8 Å². The number of benzene rings is 1. The highest BCUT2D eigenvalue weighted by atomic mass is 16.5. The average Bonchev–Trinajstić information content (AvgIpc) is 2.46. The molecule has 1 unspecified atom stereocenters. The Morgan fingerprint density at radius 2 is 2.10 bits per heavy atom. The summed E-state index contributed by atoms with van der Waals surface area (Å²) < 4.78 is 10.3. The second-order valence-corrected chi connectivity index (χ2v) is 4.63. The van der Waals surface area contributed by atoms with Crippen LogP contribution in [0, 0.1) is 0 Å². The highest BCUT2D eigenvalue weighted by Gasteiger charge is 2.20. The van der Waals surface area contributed by atoms with E-state index in [1.54, 1.807) is 32.4 Å². The summed E-state index contributed by atoms with van der Waals surface area (Å²) in [6.07, 6.45) is 0.917. The van der Waals surface area contributed by atoms with Gasteiger partial charge in [0.05, 0.1) is 25.0 Å². The van der Waals surface area contributed by atoms with Gasteiger partial charge in [0.1, 0.15) is 5.75 Å². The maximum absolute atomic E-state index is 11.4. The molecular weight excluding hydrogens is 258 g/mol. The van der Waals surface area contributed by atoms with Gasteiger partial charge in [-0.2, -0.15) is 0 Å². The predicted molar refractivity (Wildman–Crippen MR) is 78.9 cm³/mol. The minimum absolute atomic E-state index is 0.218. The van der Waals surface area contributed by atoms with Gasteiger partial charge in [0.15, 0.2) is 0 Å². The van der Waals surface area contributed by atoms with Gasteiger partial charge in [-0.15, -0.1) is 0 Å². The van der Waals surface area contributed by atoms with E-state index in [0.29, 0.717) is 24.6 Å². The van der Waals surface area contributed by atoms with Gasteiger partial charge in [0.25, 0.3) is 0 Å². The zero-order valence-electron chi connectivity index (χ0n) is 12.5. The lowest BCUT2D eigenvalue weighted by molar-refractivity contribution is 0.0697. The highest BCUT2D eigenvalue weighted by molar-refractivity contribution is 5.95. The van der Waals surface area contributed by atoms with E-state index in [9.17, 15) is 9.90 Å². The molecule has 1 atom stereocenters. The molecule has 1 N–H and O–H groups in total. The largest absolute Gasteiger partial charge is 0.497 e. The van der Waals surface area contributed by atoms with Crippen molar-refractivity contribution >= 4 is 11.7 Å². The fourth-order valence-electron chi connectivity index (χ4n) is 2.05. The Balaban J connectivity index is 3.23. The van der Waals surface area contributed by atoms with E-state index >= 15 is 0 Å². The van der Waals surface area contributed by atoms with Crippen LogP contribution >= 0.6 is 0 Å². The molecule has 0 spiro atoms. The number of hydrogen-bond donors (Lipinski definition) is 1. The first-order valence-electron chi connectivity index (χ1n) is 6.72. The third kappa shape index (κ3) is 3.87. The molecule has 0 aromatic heterocycles. The normalized spacial score (nSPS) is 12.0. The smallest absolute Gasteiger partial charge is 0.337 e. The van der Waals surface area contributed by atoms with E-state index in [1.165, 1.54) is 0 Å². The van der Waals surface area contributed by atoms with Gasteiger partial charge in [0.2, 0.25) is 0 Å². The van der Waals surface area contributed by atoms with E-state index in [-0.39, 0.29) is 11.6 Å². The average molecular weight is 281 g/mol. The zero-order chi connectivity index (χ0) is 15.1. The highest BCUT2D eigenvalue weighted by Crippen LogP contribution is 2.28. The maximum atomic E-state index is 11.4. The molecule has 0 saturated heterocycles. The lowest BCUT2D eigenvalue weighted by Gasteiger charge is -2.32. The zero-order valence-corrected chi connectivity index (χ0v) is 12.5. The number of methoxy groups -OCH3 is 2. The van der Waals surface area contributed by atoms with Gasteiger partial charge in [-0.1, -0.05) is 6.92 Å². The van der Waals surface area contributed by atoms with Crippen molar-refractivity contribution in [3.8, 4) is 5.75 Å². The molecule has 0 radical (unpaired) electrons. The van der Waals surface area contributed by atoms with Crippen LogP contribution in [0.4, 0.5) is 5.69 Å². The molecular formula is C15H23NO4. The van der Waals surface area contributed by atoms with Crippen molar-refractivity contribution in [1.82, 2.24) is 0 Å². The molecule has 0 aliphatic rings. The summed E-state index contributed by atoms with van der Waals surface area (Å²) in [5, 5.41) is 9.36. The molecule has 5 heteroatoms. The van der Waals surface area contributed by atoms with Crippen molar-refractivity contribution in [3.63, 3.8) is 0 Å². The Hall–Kier alpha value is -1.75. The first-order chi connectivity index (χ1) is 9.54. The van der Waals surface area contributed by atoms with E-state index in [0.717, 1.165) is 6.42 Å². The lowest BCUT2D eigenvalue weighted by atomic mass is 10.1. The minimum Gasteiger partial charge on any atom is -0.497 e. The molecule has 1 rings (SSSR count). The molecule has 0 fully saturated rings. The van der Waals surface area contributed by atoms with E-state index < -0.39 is 5.97 Å². The summed E-state index contributed by atoms with van der Waals surface area (Å²) in [5.41, 5.74) is 0.949. The number of nitrogens with zero attached hydrogens (tertiary/aromatic N) is 1. The monoisotopic (exact) mass is 281 g/mol. The number of aromatic carboxylic acids is 1. The number of ether oxygens (including phenoxy) is 2. The molecule has 0 bridgehead atoms. The predicted octanol–water partition coefficient (Wildman–Crippen LogP) is 2.64. The van der Waals surface area contributed by atoms with Gasteiger partial charge in [-0.3, -0.25) is 0 Å². The molecule has 0 aliphatic heterocycles. The standard InChI is InChI=1S/C15H23NO4/c1-5-11(2)16(8-9-19-3)14-10-12(20-4)6-7-13(14)15(17)18/h6-7,10-11H,5,8-9H2,1-4H3,(H,17,18). The number of carbonyl (C=O) groups is 1. The van der Waals surface area contributed by atoms with Crippen LogP contribution < -0.4 is 9.64 Å². The summed E-state index contributed by atoms with van der Waals surface area (Å²) in [6, 6.07) is 5.23. The van der Waals surface area contributed by atoms with Crippen molar-refractivity contribution < 1.29 is 19.4 Å². The van der Waals surface area contributed by atoms with Crippen LogP contribution in [0.15, 0.2) is 18.2 Å². The molecule has 1 aromatic carbocycles. The van der Waals surface area contributed by atoms with Gasteiger partial charge >= 0.3 is 5.97 Å². The lowest BCUT2D eigenvalue weighted by Crippen LogP contribution is -2.36. The van der Waals surface area contributed by atoms with Crippen molar-refractivity contribution in [2.45, 2.75) is 26.3 Å². The molecule has 0 aliphatic carbocycles. The number of carboxylic acids is 1. The van der Waals surface area contributed by atoms with Crippen molar-refractivity contribution in [2.24, 2.45) is 0 Å². The fourth-order valence-corrected chi connectivity index (χ4v) is 2.05. The van der Waals surface area contributed by atoms with Crippen molar-refractivity contribution in [2.75, 3.05) is 32.3 Å². The van der Waals surface area contributed by atoms with E-state index in [2.05, 4.69) is 18.7 Å². The topological polar surface area (TPSA) is 59.0 Å². The molecule has 112 valence electrons. The second-order valence-electron chi connectivity index (χ2n) is 4.63. The summed E-state index contributed by atoms with van der Waals surface area (Å²) in [5.74, 6) is -0.288. The Labute approximate surface area is 120 Å². The van der Waals surface area contributed by atoms with Crippen LogP contribution in [-0.4, -0.2) is 44.5 Å². The first kappa shape index (κ1) is 16.3. The molecule has 0 amide bonds. The van der Waals surface area contributed by atoms with Crippen LogP contribution in [0.5, 0.6) is 5.75 Å². The minimum atomic E-state index is -0.937. The van der Waals surface area contributed by atoms with Crippen LogP contribution in [0.1, 0.15) is 30.6 Å². The second kappa shape index (κ2) is 7.75. The maximum Gasteiger partial charge on any atom is 0.337 e. The van der Waals surface area contributed by atoms with Crippen LogP contribution in [0.2, 0.25) is 0 Å². The van der Waals surface area contributed by atoms with Crippen LogP contribution in [0.3, 0.4) is 0 Å². The van der Waals surface area contributed by atoms with Crippen molar-refractivity contribution in [1.29, 1.82) is 0 Å².